The highest BCUT2D eigenvalue weighted by Crippen LogP contribution is 2.20. The molecule has 4 nitrogen and oxygen atoms in total. The van der Waals surface area contributed by atoms with E-state index in [2.05, 4.69) is 4.98 Å². The number of nitrogens with zero attached hydrogens (tertiary/aromatic N) is 1. The first kappa shape index (κ1) is 11.3. The summed E-state index contributed by atoms with van der Waals surface area (Å²) in [5, 5.41) is 0. The predicted octanol–water partition coefficient (Wildman–Crippen LogP) is 2.25. The van der Waals surface area contributed by atoms with Gasteiger partial charge in [0.25, 0.3) is 0 Å². The van der Waals surface area contributed by atoms with Crippen molar-refractivity contribution < 1.29 is 9.47 Å². The van der Waals surface area contributed by atoms with Gasteiger partial charge in [-0.1, -0.05) is 12.1 Å². The fourth-order valence-electron chi connectivity index (χ4n) is 1.42. The summed E-state index contributed by atoms with van der Waals surface area (Å²) in [5.74, 6) is 2.00. The maximum Gasteiger partial charge on any atom is 0.129 e. The van der Waals surface area contributed by atoms with Gasteiger partial charge in [0.15, 0.2) is 0 Å². The minimum Gasteiger partial charge on any atom is -0.497 e. The second-order valence-electron chi connectivity index (χ2n) is 3.52. The highest BCUT2D eigenvalue weighted by atomic mass is 16.5. The summed E-state index contributed by atoms with van der Waals surface area (Å²) < 4.78 is 10.7. The van der Waals surface area contributed by atoms with Gasteiger partial charge in [0.05, 0.1) is 7.11 Å². The van der Waals surface area contributed by atoms with Crippen molar-refractivity contribution in [2.45, 2.75) is 6.61 Å². The number of rotatable bonds is 4. The van der Waals surface area contributed by atoms with Gasteiger partial charge in [0, 0.05) is 17.8 Å². The molecule has 4 heteroatoms. The van der Waals surface area contributed by atoms with E-state index in [1.54, 1.807) is 13.3 Å². The largest absolute Gasteiger partial charge is 0.497 e. The topological polar surface area (TPSA) is 57.4 Å². The highest BCUT2D eigenvalue weighted by molar-refractivity contribution is 5.39. The Labute approximate surface area is 100 Å². The SMILES string of the molecule is COc1cccc(OCc2cccnc2N)c1. The van der Waals surface area contributed by atoms with E-state index in [-0.39, 0.29) is 0 Å². The molecule has 0 atom stereocenters. The van der Waals surface area contributed by atoms with Crippen LogP contribution in [0.2, 0.25) is 0 Å². The van der Waals surface area contributed by atoms with Crippen molar-refractivity contribution >= 4 is 5.82 Å². The second kappa shape index (κ2) is 5.21. The Balaban J connectivity index is 2.05. The fraction of sp³-hybridized carbons (Fsp3) is 0.154. The first-order valence-corrected chi connectivity index (χ1v) is 5.26. The van der Waals surface area contributed by atoms with Crippen LogP contribution in [0.4, 0.5) is 5.82 Å². The molecule has 1 aromatic carbocycles. The Morgan fingerprint density at radius 1 is 1.18 bits per heavy atom. The predicted molar refractivity (Wildman–Crippen MR) is 66.0 cm³/mol. The molecule has 1 heterocycles. The van der Waals surface area contributed by atoms with Crippen LogP contribution >= 0.6 is 0 Å². The fourth-order valence-corrected chi connectivity index (χ4v) is 1.42. The molecule has 88 valence electrons. The minimum absolute atomic E-state index is 0.396. The lowest BCUT2D eigenvalue weighted by atomic mass is 10.2. The monoisotopic (exact) mass is 230 g/mol. The van der Waals surface area contributed by atoms with Crippen molar-refractivity contribution in [3.05, 3.63) is 48.2 Å². The number of pyridine rings is 1. The lowest BCUT2D eigenvalue weighted by molar-refractivity contribution is 0.304. The average Bonchev–Trinajstić information content (AvgIpc) is 2.38. The van der Waals surface area contributed by atoms with Gasteiger partial charge in [-0.15, -0.1) is 0 Å². The van der Waals surface area contributed by atoms with Crippen molar-refractivity contribution in [2.24, 2.45) is 0 Å². The van der Waals surface area contributed by atoms with E-state index in [0.717, 1.165) is 17.1 Å². The van der Waals surface area contributed by atoms with Gasteiger partial charge in [-0.2, -0.15) is 0 Å². The standard InChI is InChI=1S/C13H14N2O2/c1-16-11-5-2-6-12(8-11)17-9-10-4-3-7-15-13(10)14/h2-8H,9H2,1H3,(H2,14,15). The van der Waals surface area contributed by atoms with Crippen LogP contribution in [-0.2, 0) is 6.61 Å². The van der Waals surface area contributed by atoms with E-state index in [1.807, 2.05) is 36.4 Å². The van der Waals surface area contributed by atoms with Crippen molar-refractivity contribution in [3.8, 4) is 11.5 Å². The number of ether oxygens (including phenoxy) is 2. The van der Waals surface area contributed by atoms with Crippen LogP contribution in [0.5, 0.6) is 11.5 Å². The van der Waals surface area contributed by atoms with Crippen LogP contribution in [0.1, 0.15) is 5.56 Å². The van der Waals surface area contributed by atoms with Crippen LogP contribution in [-0.4, -0.2) is 12.1 Å². The van der Waals surface area contributed by atoms with Crippen LogP contribution in [0.25, 0.3) is 0 Å². The number of hydrogen-bond donors (Lipinski definition) is 1. The summed E-state index contributed by atoms with van der Waals surface area (Å²) in [6, 6.07) is 11.2. The lowest BCUT2D eigenvalue weighted by Crippen LogP contribution is -2.01. The molecule has 0 fully saturated rings. The number of benzene rings is 1. The molecule has 2 rings (SSSR count). The molecule has 17 heavy (non-hydrogen) atoms. The van der Waals surface area contributed by atoms with Gasteiger partial charge in [0.1, 0.15) is 23.9 Å². The van der Waals surface area contributed by atoms with Gasteiger partial charge >= 0.3 is 0 Å². The van der Waals surface area contributed by atoms with Gasteiger partial charge < -0.3 is 15.2 Å². The molecule has 0 amide bonds. The Hall–Kier alpha value is -2.23. The van der Waals surface area contributed by atoms with E-state index >= 15 is 0 Å². The van der Waals surface area contributed by atoms with Crippen LogP contribution in [0, 0.1) is 0 Å². The molecule has 0 bridgehead atoms. The normalized spacial score (nSPS) is 9.94. The molecular weight excluding hydrogens is 216 g/mol. The Bertz CT molecular complexity index is 500. The summed E-state index contributed by atoms with van der Waals surface area (Å²) in [6.07, 6.45) is 1.66. The first-order valence-electron chi connectivity index (χ1n) is 5.26. The summed E-state index contributed by atoms with van der Waals surface area (Å²) in [7, 11) is 1.62. The van der Waals surface area contributed by atoms with Crippen molar-refractivity contribution in [1.29, 1.82) is 0 Å². The molecule has 0 aliphatic carbocycles. The Morgan fingerprint density at radius 2 is 2.00 bits per heavy atom. The molecule has 0 aliphatic heterocycles. The molecule has 0 aliphatic rings. The first-order chi connectivity index (χ1) is 8.29. The van der Waals surface area contributed by atoms with E-state index in [1.165, 1.54) is 0 Å². The van der Waals surface area contributed by atoms with Crippen molar-refractivity contribution in [1.82, 2.24) is 4.98 Å². The summed E-state index contributed by atoms with van der Waals surface area (Å²) >= 11 is 0. The lowest BCUT2D eigenvalue weighted by Gasteiger charge is -2.08. The quantitative estimate of drug-likeness (QED) is 0.875. The summed E-state index contributed by atoms with van der Waals surface area (Å²) in [4.78, 5) is 4.00. The van der Waals surface area contributed by atoms with Crippen LogP contribution < -0.4 is 15.2 Å². The minimum atomic E-state index is 0.396. The zero-order valence-electron chi connectivity index (χ0n) is 9.59. The third-order valence-electron chi connectivity index (χ3n) is 2.36. The molecule has 2 N–H and O–H groups in total. The van der Waals surface area contributed by atoms with Crippen molar-refractivity contribution in [3.63, 3.8) is 0 Å². The van der Waals surface area contributed by atoms with E-state index < -0.39 is 0 Å². The number of nitrogens with two attached hydrogens (primary N) is 1. The molecule has 1 aromatic heterocycles. The molecule has 2 aromatic rings. The number of aromatic nitrogens is 1. The second-order valence-corrected chi connectivity index (χ2v) is 3.52. The van der Waals surface area contributed by atoms with Gasteiger partial charge in [-0.3, -0.25) is 0 Å². The number of anilines is 1. The molecule has 0 unspecified atom stereocenters. The molecular formula is C13H14N2O2. The Kier molecular flexibility index (Phi) is 3.45. The number of methoxy groups -OCH3 is 1. The van der Waals surface area contributed by atoms with E-state index in [0.29, 0.717) is 12.4 Å². The maximum atomic E-state index is 5.72. The summed E-state index contributed by atoms with van der Waals surface area (Å²) in [5.41, 5.74) is 6.60. The molecule has 0 radical (unpaired) electrons. The van der Waals surface area contributed by atoms with Gasteiger partial charge in [0.2, 0.25) is 0 Å². The average molecular weight is 230 g/mol. The third-order valence-corrected chi connectivity index (χ3v) is 2.36. The number of nitrogen functional groups attached to an aromatic ring is 1. The van der Waals surface area contributed by atoms with Crippen LogP contribution in [0.3, 0.4) is 0 Å². The molecule has 0 saturated carbocycles. The van der Waals surface area contributed by atoms with Crippen LogP contribution in [0.15, 0.2) is 42.6 Å². The maximum absolute atomic E-state index is 5.72. The number of hydrogen-bond acceptors (Lipinski definition) is 4. The van der Waals surface area contributed by atoms with Gasteiger partial charge in [-0.25, -0.2) is 4.98 Å². The van der Waals surface area contributed by atoms with E-state index in [9.17, 15) is 0 Å². The zero-order chi connectivity index (χ0) is 12.1. The third kappa shape index (κ3) is 2.87. The Morgan fingerprint density at radius 3 is 2.76 bits per heavy atom. The van der Waals surface area contributed by atoms with Gasteiger partial charge in [-0.05, 0) is 18.2 Å². The summed E-state index contributed by atoms with van der Waals surface area (Å²) in [6.45, 7) is 0.396. The van der Waals surface area contributed by atoms with E-state index in [4.69, 9.17) is 15.2 Å². The highest BCUT2D eigenvalue weighted by Gasteiger charge is 2.01. The zero-order valence-corrected chi connectivity index (χ0v) is 9.59. The smallest absolute Gasteiger partial charge is 0.129 e. The molecule has 0 spiro atoms. The molecule has 0 saturated heterocycles. The van der Waals surface area contributed by atoms with Crippen molar-refractivity contribution in [2.75, 3.05) is 12.8 Å².